The third-order valence-electron chi connectivity index (χ3n) is 2.05. The number of halogens is 4. The molecule has 0 spiro atoms. The van der Waals surface area contributed by atoms with Gasteiger partial charge in [-0.15, -0.1) is 0 Å². The molecule has 0 N–H and O–H groups in total. The van der Waals surface area contributed by atoms with Gasteiger partial charge in [0.2, 0.25) is 0 Å². The Kier molecular flexibility index (Phi) is 3.60. The number of hydrogen-bond acceptors (Lipinski definition) is 1. The van der Waals surface area contributed by atoms with Crippen LogP contribution >= 0.6 is 46.4 Å². The number of aromatic nitrogens is 1. The van der Waals surface area contributed by atoms with Crippen molar-refractivity contribution in [3.63, 3.8) is 0 Å². The van der Waals surface area contributed by atoms with E-state index < -0.39 is 0 Å². The Morgan fingerprint density at radius 3 is 2.25 bits per heavy atom. The third-order valence-corrected chi connectivity index (χ3v) is 3.20. The van der Waals surface area contributed by atoms with E-state index >= 15 is 0 Å². The topological polar surface area (TPSA) is 12.9 Å². The van der Waals surface area contributed by atoms with Gasteiger partial charge in [0.25, 0.3) is 0 Å². The fraction of sp³-hybridized carbons (Fsp3) is 0. The van der Waals surface area contributed by atoms with E-state index in [1.165, 1.54) is 6.20 Å². The molecule has 1 aromatic heterocycles. The van der Waals surface area contributed by atoms with Gasteiger partial charge in [-0.3, -0.25) is 0 Å². The Bertz CT molecular complexity index is 519. The molecule has 0 bridgehead atoms. The molecule has 0 atom stereocenters. The zero-order valence-corrected chi connectivity index (χ0v) is 10.9. The van der Waals surface area contributed by atoms with Crippen LogP contribution < -0.4 is 0 Å². The largest absolute Gasteiger partial charge is 0.244 e. The van der Waals surface area contributed by atoms with E-state index in [0.717, 1.165) is 0 Å². The first-order chi connectivity index (χ1) is 7.59. The lowest BCUT2D eigenvalue weighted by Crippen LogP contribution is -1.86. The standard InChI is InChI=1S/C11H5Cl4N/c12-6-1-2-7(9(14)5-6)10-8(13)3-4-16-11(10)15/h1-5H. The summed E-state index contributed by atoms with van der Waals surface area (Å²) in [5, 5.41) is 1.87. The molecule has 2 rings (SSSR count). The van der Waals surface area contributed by atoms with E-state index in [4.69, 9.17) is 46.4 Å². The quantitative estimate of drug-likeness (QED) is 0.645. The van der Waals surface area contributed by atoms with Crippen LogP contribution in [0.3, 0.4) is 0 Å². The molecule has 0 radical (unpaired) electrons. The number of nitrogens with zero attached hydrogens (tertiary/aromatic N) is 1. The van der Waals surface area contributed by atoms with Crippen LogP contribution in [-0.4, -0.2) is 4.98 Å². The van der Waals surface area contributed by atoms with Crippen molar-refractivity contribution in [3.8, 4) is 11.1 Å². The Hall–Kier alpha value is -0.470. The predicted octanol–water partition coefficient (Wildman–Crippen LogP) is 5.36. The average Bonchev–Trinajstić information content (AvgIpc) is 2.20. The predicted molar refractivity (Wildman–Crippen MR) is 69.7 cm³/mol. The van der Waals surface area contributed by atoms with Crippen LogP contribution in [0, 0.1) is 0 Å². The molecule has 82 valence electrons. The summed E-state index contributed by atoms with van der Waals surface area (Å²) in [5.74, 6) is 0. The smallest absolute Gasteiger partial charge is 0.138 e. The third kappa shape index (κ3) is 2.28. The van der Waals surface area contributed by atoms with Gasteiger partial charge < -0.3 is 0 Å². The van der Waals surface area contributed by atoms with Crippen molar-refractivity contribution < 1.29 is 0 Å². The Labute approximate surface area is 113 Å². The highest BCUT2D eigenvalue weighted by molar-refractivity contribution is 6.41. The normalized spacial score (nSPS) is 10.5. The van der Waals surface area contributed by atoms with Gasteiger partial charge in [0.15, 0.2) is 0 Å². The van der Waals surface area contributed by atoms with Crippen LogP contribution in [0.2, 0.25) is 20.2 Å². The van der Waals surface area contributed by atoms with Gasteiger partial charge in [0.05, 0.1) is 10.0 Å². The summed E-state index contributed by atoms with van der Waals surface area (Å²) in [6, 6.07) is 6.79. The molecule has 0 saturated carbocycles. The summed E-state index contributed by atoms with van der Waals surface area (Å²) in [4.78, 5) is 3.97. The van der Waals surface area contributed by atoms with Crippen LogP contribution in [0.25, 0.3) is 11.1 Å². The second-order valence-electron chi connectivity index (χ2n) is 3.08. The first kappa shape index (κ1) is 12.0. The maximum absolute atomic E-state index is 6.08. The molecule has 0 fully saturated rings. The second-order valence-corrected chi connectivity index (χ2v) is 4.69. The lowest BCUT2D eigenvalue weighted by Gasteiger charge is -2.08. The zero-order chi connectivity index (χ0) is 11.7. The van der Waals surface area contributed by atoms with Gasteiger partial charge in [0.1, 0.15) is 5.15 Å². The van der Waals surface area contributed by atoms with Crippen LogP contribution in [0.1, 0.15) is 0 Å². The Morgan fingerprint density at radius 2 is 1.62 bits per heavy atom. The molecule has 1 aromatic carbocycles. The first-order valence-electron chi connectivity index (χ1n) is 4.35. The fourth-order valence-corrected chi connectivity index (χ4v) is 2.41. The van der Waals surface area contributed by atoms with E-state index in [-0.39, 0.29) is 0 Å². The minimum Gasteiger partial charge on any atom is -0.244 e. The summed E-state index contributed by atoms with van der Waals surface area (Å²) in [6.07, 6.45) is 1.54. The van der Waals surface area contributed by atoms with Crippen molar-refractivity contribution in [2.24, 2.45) is 0 Å². The minimum absolute atomic E-state index is 0.316. The maximum Gasteiger partial charge on any atom is 0.138 e. The zero-order valence-electron chi connectivity index (χ0n) is 7.85. The van der Waals surface area contributed by atoms with Gasteiger partial charge in [-0.05, 0) is 18.2 Å². The molecular weight excluding hydrogens is 288 g/mol. The summed E-state index contributed by atoms with van der Waals surface area (Å²) in [5.41, 5.74) is 1.33. The highest BCUT2D eigenvalue weighted by atomic mass is 35.5. The maximum atomic E-state index is 6.08. The van der Waals surface area contributed by atoms with E-state index in [2.05, 4.69) is 4.98 Å². The van der Waals surface area contributed by atoms with Crippen molar-refractivity contribution in [1.82, 2.24) is 4.98 Å². The molecule has 1 heterocycles. The van der Waals surface area contributed by atoms with Crippen molar-refractivity contribution in [2.75, 3.05) is 0 Å². The van der Waals surface area contributed by atoms with Crippen LogP contribution in [0.4, 0.5) is 0 Å². The Morgan fingerprint density at radius 1 is 0.875 bits per heavy atom. The summed E-state index contributed by atoms with van der Waals surface area (Å²) < 4.78 is 0. The average molecular weight is 293 g/mol. The molecule has 0 aliphatic carbocycles. The lowest BCUT2D eigenvalue weighted by molar-refractivity contribution is 1.33. The monoisotopic (exact) mass is 291 g/mol. The van der Waals surface area contributed by atoms with Crippen molar-refractivity contribution in [2.45, 2.75) is 0 Å². The molecule has 0 amide bonds. The van der Waals surface area contributed by atoms with Gasteiger partial charge in [-0.25, -0.2) is 4.98 Å². The molecule has 0 saturated heterocycles. The van der Waals surface area contributed by atoms with E-state index in [1.54, 1.807) is 24.3 Å². The molecule has 2 aromatic rings. The number of rotatable bonds is 1. The molecule has 1 nitrogen and oxygen atoms in total. The highest BCUT2D eigenvalue weighted by Crippen LogP contribution is 2.38. The van der Waals surface area contributed by atoms with E-state index in [0.29, 0.717) is 31.3 Å². The SMILES string of the molecule is Clc1ccc(-c2c(Cl)ccnc2Cl)c(Cl)c1. The molecule has 5 heteroatoms. The highest BCUT2D eigenvalue weighted by Gasteiger charge is 2.12. The number of pyridine rings is 1. The minimum atomic E-state index is 0.316. The molecule has 16 heavy (non-hydrogen) atoms. The van der Waals surface area contributed by atoms with Crippen LogP contribution in [-0.2, 0) is 0 Å². The molecular formula is C11H5Cl4N. The van der Waals surface area contributed by atoms with Gasteiger partial charge in [-0.1, -0.05) is 52.5 Å². The van der Waals surface area contributed by atoms with Crippen molar-refractivity contribution >= 4 is 46.4 Å². The summed E-state index contributed by atoms with van der Waals surface area (Å²) in [6.45, 7) is 0. The van der Waals surface area contributed by atoms with Crippen LogP contribution in [0.15, 0.2) is 30.5 Å². The Balaban J connectivity index is 2.68. The van der Waals surface area contributed by atoms with Gasteiger partial charge >= 0.3 is 0 Å². The van der Waals surface area contributed by atoms with Crippen molar-refractivity contribution in [3.05, 3.63) is 50.7 Å². The summed E-state index contributed by atoms with van der Waals surface area (Å²) >= 11 is 23.9. The summed E-state index contributed by atoms with van der Waals surface area (Å²) in [7, 11) is 0. The van der Waals surface area contributed by atoms with E-state index in [1.807, 2.05) is 0 Å². The van der Waals surface area contributed by atoms with Gasteiger partial charge in [-0.2, -0.15) is 0 Å². The second kappa shape index (κ2) is 4.80. The van der Waals surface area contributed by atoms with Gasteiger partial charge in [0, 0.05) is 22.3 Å². The lowest BCUT2D eigenvalue weighted by atomic mass is 10.1. The molecule has 0 aliphatic heterocycles. The molecule has 0 aliphatic rings. The van der Waals surface area contributed by atoms with Crippen molar-refractivity contribution in [1.29, 1.82) is 0 Å². The number of hydrogen-bond donors (Lipinski definition) is 0. The molecule has 0 unspecified atom stereocenters. The van der Waals surface area contributed by atoms with Crippen LogP contribution in [0.5, 0.6) is 0 Å². The first-order valence-corrected chi connectivity index (χ1v) is 5.86. The fourth-order valence-electron chi connectivity index (χ4n) is 1.35. The number of benzene rings is 1. The van der Waals surface area contributed by atoms with E-state index in [9.17, 15) is 0 Å².